The fourth-order valence-corrected chi connectivity index (χ4v) is 3.24. The van der Waals surface area contributed by atoms with Gasteiger partial charge in [0.25, 0.3) is 0 Å². The van der Waals surface area contributed by atoms with Crippen LogP contribution < -0.4 is 0 Å². The molecule has 1 saturated carbocycles. The lowest BCUT2D eigenvalue weighted by atomic mass is 10.2. The highest BCUT2D eigenvalue weighted by atomic mass is 32.2. The van der Waals surface area contributed by atoms with Gasteiger partial charge in [-0.15, -0.1) is 10.2 Å². The predicted molar refractivity (Wildman–Crippen MR) is 83.0 cm³/mol. The highest BCUT2D eigenvalue weighted by molar-refractivity contribution is 7.98. The SMILES string of the molecule is CCCn1c(SCc2ccc(C)cc2)nnc1C1CC1. The van der Waals surface area contributed by atoms with Crippen LogP contribution in [0.15, 0.2) is 29.4 Å². The van der Waals surface area contributed by atoms with E-state index in [4.69, 9.17) is 0 Å². The van der Waals surface area contributed by atoms with E-state index in [2.05, 4.69) is 52.9 Å². The van der Waals surface area contributed by atoms with Gasteiger partial charge in [0.15, 0.2) is 5.16 Å². The topological polar surface area (TPSA) is 30.7 Å². The summed E-state index contributed by atoms with van der Waals surface area (Å²) in [6.45, 7) is 5.37. The van der Waals surface area contributed by atoms with Crippen LogP contribution in [-0.4, -0.2) is 14.8 Å². The molecule has 0 radical (unpaired) electrons. The van der Waals surface area contributed by atoms with E-state index in [0.717, 1.165) is 23.9 Å². The van der Waals surface area contributed by atoms with Crippen LogP contribution in [0.1, 0.15) is 49.1 Å². The second-order valence-electron chi connectivity index (χ2n) is 5.54. The van der Waals surface area contributed by atoms with Crippen molar-refractivity contribution >= 4 is 11.8 Å². The summed E-state index contributed by atoms with van der Waals surface area (Å²) in [5, 5.41) is 9.90. The first-order chi connectivity index (χ1) is 9.78. The molecular weight excluding hydrogens is 266 g/mol. The van der Waals surface area contributed by atoms with Crippen molar-refractivity contribution in [2.75, 3.05) is 0 Å². The van der Waals surface area contributed by atoms with Gasteiger partial charge in [0.05, 0.1) is 0 Å². The Labute approximate surface area is 124 Å². The molecule has 3 rings (SSSR count). The molecule has 1 aliphatic carbocycles. The van der Waals surface area contributed by atoms with E-state index in [1.807, 2.05) is 0 Å². The number of aryl methyl sites for hydroxylation is 1. The van der Waals surface area contributed by atoms with E-state index in [-0.39, 0.29) is 0 Å². The maximum absolute atomic E-state index is 4.42. The summed E-state index contributed by atoms with van der Waals surface area (Å²) < 4.78 is 2.33. The van der Waals surface area contributed by atoms with Crippen molar-refractivity contribution < 1.29 is 0 Å². The molecule has 0 saturated heterocycles. The molecule has 20 heavy (non-hydrogen) atoms. The highest BCUT2D eigenvalue weighted by Gasteiger charge is 2.30. The molecule has 1 aromatic carbocycles. The average Bonchev–Trinajstić information content (AvgIpc) is 3.22. The van der Waals surface area contributed by atoms with Gasteiger partial charge in [0, 0.05) is 18.2 Å². The average molecular weight is 287 g/mol. The molecule has 3 nitrogen and oxygen atoms in total. The number of hydrogen-bond donors (Lipinski definition) is 0. The fourth-order valence-electron chi connectivity index (χ4n) is 2.32. The number of benzene rings is 1. The first-order valence-corrected chi connectivity index (χ1v) is 8.38. The lowest BCUT2D eigenvalue weighted by molar-refractivity contribution is 0.592. The number of aromatic nitrogens is 3. The summed E-state index contributed by atoms with van der Waals surface area (Å²) in [4.78, 5) is 0. The van der Waals surface area contributed by atoms with Gasteiger partial charge in [0.1, 0.15) is 5.82 Å². The third-order valence-electron chi connectivity index (χ3n) is 3.62. The Hall–Kier alpha value is -1.29. The summed E-state index contributed by atoms with van der Waals surface area (Å²) in [7, 11) is 0. The molecule has 0 spiro atoms. The summed E-state index contributed by atoms with van der Waals surface area (Å²) in [6, 6.07) is 8.74. The first kappa shape index (κ1) is 13.7. The number of rotatable bonds is 6. The molecule has 0 bridgehead atoms. The van der Waals surface area contributed by atoms with Crippen LogP contribution in [-0.2, 0) is 12.3 Å². The molecule has 0 atom stereocenters. The monoisotopic (exact) mass is 287 g/mol. The molecule has 4 heteroatoms. The van der Waals surface area contributed by atoms with Gasteiger partial charge in [-0.1, -0.05) is 48.5 Å². The van der Waals surface area contributed by atoms with Gasteiger partial charge in [-0.2, -0.15) is 0 Å². The van der Waals surface area contributed by atoms with E-state index < -0.39 is 0 Å². The van der Waals surface area contributed by atoms with E-state index in [1.165, 1.54) is 29.8 Å². The largest absolute Gasteiger partial charge is 0.306 e. The van der Waals surface area contributed by atoms with Crippen molar-refractivity contribution in [3.63, 3.8) is 0 Å². The van der Waals surface area contributed by atoms with Crippen LogP contribution in [0.5, 0.6) is 0 Å². The molecular formula is C16H21N3S. The second kappa shape index (κ2) is 6.00. The minimum absolute atomic E-state index is 0.669. The Morgan fingerprint density at radius 1 is 1.20 bits per heavy atom. The minimum Gasteiger partial charge on any atom is -0.306 e. The molecule has 1 aliphatic rings. The lowest BCUT2D eigenvalue weighted by Crippen LogP contribution is -2.03. The summed E-state index contributed by atoms with van der Waals surface area (Å²) in [5.74, 6) is 2.84. The number of thioether (sulfide) groups is 1. The normalized spacial score (nSPS) is 14.7. The number of hydrogen-bond acceptors (Lipinski definition) is 3. The minimum atomic E-state index is 0.669. The maximum atomic E-state index is 4.42. The zero-order valence-corrected chi connectivity index (χ0v) is 13.0. The van der Waals surface area contributed by atoms with Crippen molar-refractivity contribution in [2.45, 2.75) is 56.5 Å². The van der Waals surface area contributed by atoms with Crippen molar-refractivity contribution in [3.8, 4) is 0 Å². The van der Waals surface area contributed by atoms with Crippen LogP contribution in [0.4, 0.5) is 0 Å². The molecule has 2 aromatic rings. The Morgan fingerprint density at radius 3 is 2.60 bits per heavy atom. The van der Waals surface area contributed by atoms with E-state index >= 15 is 0 Å². The van der Waals surface area contributed by atoms with Crippen molar-refractivity contribution in [3.05, 3.63) is 41.2 Å². The lowest BCUT2D eigenvalue weighted by Gasteiger charge is -2.08. The fraction of sp³-hybridized carbons (Fsp3) is 0.500. The summed E-state index contributed by atoms with van der Waals surface area (Å²) >= 11 is 1.80. The molecule has 0 amide bonds. The maximum Gasteiger partial charge on any atom is 0.191 e. The Kier molecular flexibility index (Phi) is 4.10. The summed E-state index contributed by atoms with van der Waals surface area (Å²) in [6.07, 6.45) is 3.70. The van der Waals surface area contributed by atoms with Gasteiger partial charge in [-0.05, 0) is 31.7 Å². The first-order valence-electron chi connectivity index (χ1n) is 7.39. The number of nitrogens with zero attached hydrogens (tertiary/aromatic N) is 3. The Bertz CT molecular complexity index is 570. The zero-order chi connectivity index (χ0) is 13.9. The smallest absolute Gasteiger partial charge is 0.191 e. The quantitative estimate of drug-likeness (QED) is 0.747. The van der Waals surface area contributed by atoms with E-state index in [9.17, 15) is 0 Å². The van der Waals surface area contributed by atoms with Crippen LogP contribution in [0.2, 0.25) is 0 Å². The molecule has 0 N–H and O–H groups in total. The van der Waals surface area contributed by atoms with Crippen molar-refractivity contribution in [2.24, 2.45) is 0 Å². The zero-order valence-electron chi connectivity index (χ0n) is 12.2. The molecule has 1 heterocycles. The van der Waals surface area contributed by atoms with Crippen LogP contribution in [0.25, 0.3) is 0 Å². The van der Waals surface area contributed by atoms with Gasteiger partial charge in [0.2, 0.25) is 0 Å². The second-order valence-corrected chi connectivity index (χ2v) is 6.48. The highest BCUT2D eigenvalue weighted by Crippen LogP contribution is 2.40. The summed E-state index contributed by atoms with van der Waals surface area (Å²) in [5.41, 5.74) is 2.66. The third kappa shape index (κ3) is 3.06. The molecule has 106 valence electrons. The van der Waals surface area contributed by atoms with Crippen LogP contribution in [0, 0.1) is 6.92 Å². The molecule has 1 aromatic heterocycles. The predicted octanol–water partition coefficient (Wildman–Crippen LogP) is 4.17. The standard InChI is InChI=1S/C16H21N3S/c1-3-10-19-15(14-8-9-14)17-18-16(19)20-11-13-6-4-12(2)5-7-13/h4-7,14H,3,8-11H2,1-2H3. The van der Waals surface area contributed by atoms with Crippen molar-refractivity contribution in [1.82, 2.24) is 14.8 Å². The Morgan fingerprint density at radius 2 is 1.95 bits per heavy atom. The van der Waals surface area contributed by atoms with Crippen molar-refractivity contribution in [1.29, 1.82) is 0 Å². The van der Waals surface area contributed by atoms with Gasteiger partial charge < -0.3 is 4.57 Å². The molecule has 0 unspecified atom stereocenters. The van der Waals surface area contributed by atoms with Gasteiger partial charge >= 0.3 is 0 Å². The van der Waals surface area contributed by atoms with Crippen LogP contribution >= 0.6 is 11.8 Å². The Balaban J connectivity index is 1.71. The van der Waals surface area contributed by atoms with E-state index in [0.29, 0.717) is 5.92 Å². The van der Waals surface area contributed by atoms with Gasteiger partial charge in [-0.25, -0.2) is 0 Å². The van der Waals surface area contributed by atoms with Crippen LogP contribution in [0.3, 0.4) is 0 Å². The third-order valence-corrected chi connectivity index (χ3v) is 4.66. The van der Waals surface area contributed by atoms with E-state index in [1.54, 1.807) is 11.8 Å². The molecule has 1 fully saturated rings. The van der Waals surface area contributed by atoms with Gasteiger partial charge in [-0.3, -0.25) is 0 Å². The molecule has 0 aliphatic heterocycles.